The van der Waals surface area contributed by atoms with Crippen molar-refractivity contribution in [3.8, 4) is 0 Å². The molecule has 0 fully saturated rings. The van der Waals surface area contributed by atoms with Crippen LogP contribution in [0.5, 0.6) is 0 Å². The molecule has 0 saturated carbocycles. The molecule has 0 aliphatic rings. The molecule has 1 heterocycles. The molecule has 2 aromatic rings. The summed E-state index contributed by atoms with van der Waals surface area (Å²) in [5.41, 5.74) is 0.249. The highest BCUT2D eigenvalue weighted by Crippen LogP contribution is 2.21. The molecule has 6 heteroatoms. The van der Waals surface area contributed by atoms with Crippen LogP contribution in [0.3, 0.4) is 0 Å². The average molecular weight is 245 g/mol. The maximum absolute atomic E-state index is 12.9. The average Bonchev–Trinajstić information content (AvgIpc) is 2.16. The predicted molar refractivity (Wildman–Crippen MR) is 54.7 cm³/mol. The van der Waals surface area contributed by atoms with E-state index in [4.69, 9.17) is 23.2 Å². The first-order chi connectivity index (χ1) is 7.08. The van der Waals surface area contributed by atoms with Crippen LogP contribution in [-0.2, 0) is 0 Å². The molecule has 0 amide bonds. The Labute approximate surface area is 93.9 Å². The van der Waals surface area contributed by atoms with Crippen molar-refractivity contribution in [2.75, 3.05) is 0 Å². The fourth-order valence-electron chi connectivity index (χ4n) is 1.15. The van der Waals surface area contributed by atoms with E-state index in [9.17, 15) is 9.18 Å². The van der Waals surface area contributed by atoms with E-state index in [-0.39, 0.29) is 16.5 Å². The largest absolute Gasteiger partial charge is 0.289 e. The summed E-state index contributed by atoms with van der Waals surface area (Å²) in [5, 5.41) is -0.285. The minimum Gasteiger partial charge on any atom is -0.272 e. The molecule has 1 aromatic carbocycles. The van der Waals surface area contributed by atoms with E-state index < -0.39 is 11.1 Å². The van der Waals surface area contributed by atoms with Crippen molar-refractivity contribution in [2.24, 2.45) is 0 Å². The molecular formula is C9H3Cl2FN2O. The number of hydrogen-bond acceptors (Lipinski definition) is 3. The van der Waals surface area contributed by atoms with Gasteiger partial charge in [-0.2, -0.15) is 0 Å². The summed E-state index contributed by atoms with van der Waals surface area (Å²) in [6.45, 7) is 0. The fourth-order valence-corrected chi connectivity index (χ4v) is 1.48. The summed E-state index contributed by atoms with van der Waals surface area (Å²) in [6.07, 6.45) is 0. The van der Waals surface area contributed by atoms with E-state index in [0.29, 0.717) is 5.39 Å². The highest BCUT2D eigenvalue weighted by molar-refractivity contribution is 6.67. The number of fused-ring (bicyclic) bond motifs is 1. The molecule has 0 N–H and O–H groups in total. The number of aromatic nitrogens is 2. The van der Waals surface area contributed by atoms with Crippen molar-refractivity contribution in [3.05, 3.63) is 35.0 Å². The van der Waals surface area contributed by atoms with Gasteiger partial charge in [0.15, 0.2) is 0 Å². The van der Waals surface area contributed by atoms with E-state index in [1.807, 2.05) is 0 Å². The molecule has 0 bridgehead atoms. The van der Waals surface area contributed by atoms with Crippen LogP contribution in [0.15, 0.2) is 18.2 Å². The van der Waals surface area contributed by atoms with Crippen molar-refractivity contribution in [3.63, 3.8) is 0 Å². The number of carbonyl (C=O) groups excluding carboxylic acids is 1. The van der Waals surface area contributed by atoms with Crippen molar-refractivity contribution in [1.29, 1.82) is 0 Å². The van der Waals surface area contributed by atoms with Crippen LogP contribution in [0.25, 0.3) is 10.9 Å². The third-order valence-corrected chi connectivity index (χ3v) is 2.25. The molecule has 3 nitrogen and oxygen atoms in total. The standard InChI is InChI=1S/C9H3Cl2FN2O/c10-7-5-2-1-4(12)3-6(5)13-9(14-7)8(11)15/h1-3H. The molecule has 0 aliphatic heterocycles. The molecule has 0 atom stereocenters. The second-order valence-corrected chi connectivity index (χ2v) is 3.47. The van der Waals surface area contributed by atoms with Gasteiger partial charge in [-0.3, -0.25) is 4.79 Å². The van der Waals surface area contributed by atoms with Crippen LogP contribution in [0.4, 0.5) is 4.39 Å². The third kappa shape index (κ3) is 1.91. The van der Waals surface area contributed by atoms with Gasteiger partial charge in [0, 0.05) is 11.5 Å². The lowest BCUT2D eigenvalue weighted by atomic mass is 10.2. The van der Waals surface area contributed by atoms with Gasteiger partial charge in [0.2, 0.25) is 5.82 Å². The molecule has 0 unspecified atom stereocenters. The van der Waals surface area contributed by atoms with E-state index in [0.717, 1.165) is 6.07 Å². The normalized spacial score (nSPS) is 10.6. The molecule has 0 radical (unpaired) electrons. The minimum atomic E-state index is -0.830. The summed E-state index contributed by atoms with van der Waals surface area (Å²) < 4.78 is 12.9. The van der Waals surface area contributed by atoms with Gasteiger partial charge in [0.1, 0.15) is 11.0 Å². The Balaban J connectivity index is 2.79. The highest BCUT2D eigenvalue weighted by atomic mass is 35.5. The number of rotatable bonds is 1. The zero-order chi connectivity index (χ0) is 11.0. The summed E-state index contributed by atoms with van der Waals surface area (Å²) in [6, 6.07) is 3.83. The molecule has 76 valence electrons. The maximum Gasteiger partial charge on any atom is 0.289 e. The fraction of sp³-hybridized carbons (Fsp3) is 0. The van der Waals surface area contributed by atoms with Crippen molar-refractivity contribution >= 4 is 39.3 Å². The summed E-state index contributed by atoms with van der Waals surface area (Å²) in [7, 11) is 0. The topological polar surface area (TPSA) is 42.9 Å². The number of nitrogens with zero attached hydrogens (tertiary/aromatic N) is 2. The molecule has 0 spiro atoms. The van der Waals surface area contributed by atoms with Crippen LogP contribution >= 0.6 is 23.2 Å². The van der Waals surface area contributed by atoms with E-state index in [1.165, 1.54) is 12.1 Å². The van der Waals surface area contributed by atoms with Gasteiger partial charge >= 0.3 is 0 Å². The Morgan fingerprint density at radius 1 is 1.33 bits per heavy atom. The van der Waals surface area contributed by atoms with Crippen LogP contribution in [0, 0.1) is 5.82 Å². The zero-order valence-electron chi connectivity index (χ0n) is 7.17. The quantitative estimate of drug-likeness (QED) is 0.573. The molecule has 1 aromatic heterocycles. The first-order valence-electron chi connectivity index (χ1n) is 3.90. The Kier molecular flexibility index (Phi) is 2.54. The van der Waals surface area contributed by atoms with E-state index in [2.05, 4.69) is 9.97 Å². The molecule has 2 rings (SSSR count). The Morgan fingerprint density at radius 2 is 2.07 bits per heavy atom. The number of hydrogen-bond donors (Lipinski definition) is 0. The Hall–Kier alpha value is -1.26. The lowest BCUT2D eigenvalue weighted by Crippen LogP contribution is -1.99. The summed E-state index contributed by atoms with van der Waals surface area (Å²) in [5.74, 6) is -0.704. The number of halogens is 3. The van der Waals surface area contributed by atoms with Crippen molar-refractivity contribution in [2.45, 2.75) is 0 Å². The van der Waals surface area contributed by atoms with Gasteiger partial charge in [-0.1, -0.05) is 11.6 Å². The van der Waals surface area contributed by atoms with E-state index in [1.54, 1.807) is 0 Å². The van der Waals surface area contributed by atoms with Gasteiger partial charge in [0.25, 0.3) is 5.24 Å². The third-order valence-electron chi connectivity index (χ3n) is 1.79. The smallest absolute Gasteiger partial charge is 0.272 e. The highest BCUT2D eigenvalue weighted by Gasteiger charge is 2.11. The van der Waals surface area contributed by atoms with Gasteiger partial charge in [-0.05, 0) is 23.7 Å². The van der Waals surface area contributed by atoms with Crippen LogP contribution < -0.4 is 0 Å². The van der Waals surface area contributed by atoms with Crippen LogP contribution in [0.2, 0.25) is 5.15 Å². The molecular weight excluding hydrogens is 242 g/mol. The van der Waals surface area contributed by atoms with Crippen LogP contribution in [-0.4, -0.2) is 15.2 Å². The predicted octanol–water partition coefficient (Wildman–Crippen LogP) is 2.80. The zero-order valence-corrected chi connectivity index (χ0v) is 8.68. The van der Waals surface area contributed by atoms with Crippen LogP contribution in [0.1, 0.15) is 10.6 Å². The number of benzene rings is 1. The Morgan fingerprint density at radius 3 is 2.73 bits per heavy atom. The summed E-state index contributed by atoms with van der Waals surface area (Å²) in [4.78, 5) is 18.3. The lowest BCUT2D eigenvalue weighted by molar-refractivity contribution is 0.107. The van der Waals surface area contributed by atoms with Gasteiger partial charge in [-0.25, -0.2) is 14.4 Å². The lowest BCUT2D eigenvalue weighted by Gasteiger charge is -2.00. The van der Waals surface area contributed by atoms with Crippen molar-refractivity contribution < 1.29 is 9.18 Å². The minimum absolute atomic E-state index is 0.0731. The van der Waals surface area contributed by atoms with Gasteiger partial charge in [0.05, 0.1) is 5.52 Å². The molecule has 0 saturated heterocycles. The maximum atomic E-state index is 12.9. The molecule has 15 heavy (non-hydrogen) atoms. The number of carbonyl (C=O) groups is 1. The SMILES string of the molecule is O=C(Cl)c1nc(Cl)c2ccc(F)cc2n1. The van der Waals surface area contributed by atoms with E-state index >= 15 is 0 Å². The van der Waals surface area contributed by atoms with Gasteiger partial charge < -0.3 is 0 Å². The first kappa shape index (κ1) is 10.3. The monoisotopic (exact) mass is 244 g/mol. The second-order valence-electron chi connectivity index (χ2n) is 2.77. The second kappa shape index (κ2) is 3.72. The summed E-state index contributed by atoms with van der Waals surface area (Å²) >= 11 is 11.0. The van der Waals surface area contributed by atoms with Crippen molar-refractivity contribution in [1.82, 2.24) is 9.97 Å². The Bertz CT molecular complexity index is 559. The van der Waals surface area contributed by atoms with Gasteiger partial charge in [-0.15, -0.1) is 0 Å². The first-order valence-corrected chi connectivity index (χ1v) is 4.66. The molecule has 0 aliphatic carbocycles.